The largest absolute Gasteiger partial charge is 0.497 e. The Balaban J connectivity index is 1.45. The highest BCUT2D eigenvalue weighted by atomic mass is 32.2. The standard InChI is InChI=1S/C26H21NO6S/c1-16-4-8-20(9-5-16)34(29,30)33-19-6-10-21-24(14-19)32-25(26(21)28)12-17-15-27(2)23-11-7-18(31-3)13-22(17)23/h4-15H,1-3H3/b25-12+. The Labute approximate surface area is 196 Å². The van der Waals surface area contributed by atoms with Gasteiger partial charge in [0.15, 0.2) is 5.76 Å². The van der Waals surface area contributed by atoms with Gasteiger partial charge in [-0.3, -0.25) is 4.79 Å². The van der Waals surface area contributed by atoms with Crippen molar-refractivity contribution in [2.45, 2.75) is 11.8 Å². The molecule has 8 heteroatoms. The number of carbonyl (C=O) groups is 1. The predicted molar refractivity (Wildman–Crippen MR) is 128 cm³/mol. The summed E-state index contributed by atoms with van der Waals surface area (Å²) >= 11 is 0. The minimum atomic E-state index is -4.02. The quantitative estimate of drug-likeness (QED) is 0.302. The number of fused-ring (bicyclic) bond motifs is 2. The molecule has 0 fully saturated rings. The number of benzene rings is 3. The molecular weight excluding hydrogens is 454 g/mol. The number of hydrogen-bond acceptors (Lipinski definition) is 6. The summed E-state index contributed by atoms with van der Waals surface area (Å²) in [7, 11) is -0.505. The highest BCUT2D eigenvalue weighted by molar-refractivity contribution is 7.87. The van der Waals surface area contributed by atoms with Crippen molar-refractivity contribution in [3.05, 3.63) is 89.3 Å². The zero-order valence-electron chi connectivity index (χ0n) is 18.7. The van der Waals surface area contributed by atoms with Gasteiger partial charge in [-0.15, -0.1) is 0 Å². The molecule has 7 nitrogen and oxygen atoms in total. The van der Waals surface area contributed by atoms with Crippen molar-refractivity contribution >= 4 is 32.9 Å². The number of aryl methyl sites for hydroxylation is 2. The van der Waals surface area contributed by atoms with E-state index in [1.165, 1.54) is 30.3 Å². The van der Waals surface area contributed by atoms with E-state index in [1.807, 2.05) is 42.9 Å². The third-order valence-electron chi connectivity index (χ3n) is 5.67. The topological polar surface area (TPSA) is 83.8 Å². The van der Waals surface area contributed by atoms with Crippen LogP contribution in [0, 0.1) is 6.92 Å². The SMILES string of the molecule is COc1ccc2c(c1)c(/C=C1/Oc3cc(OS(=O)(=O)c4ccc(C)cc4)ccc3C1=O)cn2C. The van der Waals surface area contributed by atoms with Crippen LogP contribution in [-0.2, 0) is 17.2 Å². The van der Waals surface area contributed by atoms with Crippen LogP contribution in [0.15, 0.2) is 77.5 Å². The first-order valence-corrected chi connectivity index (χ1v) is 11.9. The molecule has 3 aromatic carbocycles. The fourth-order valence-electron chi connectivity index (χ4n) is 3.88. The lowest BCUT2D eigenvalue weighted by atomic mass is 10.1. The number of ether oxygens (including phenoxy) is 2. The van der Waals surface area contributed by atoms with Gasteiger partial charge in [-0.05, 0) is 55.5 Å². The summed E-state index contributed by atoms with van der Waals surface area (Å²) in [6.07, 6.45) is 3.58. The van der Waals surface area contributed by atoms with Crippen molar-refractivity contribution < 1.29 is 26.9 Å². The summed E-state index contributed by atoms with van der Waals surface area (Å²) in [6, 6.07) is 16.4. The van der Waals surface area contributed by atoms with Gasteiger partial charge in [0.2, 0.25) is 5.78 Å². The molecule has 34 heavy (non-hydrogen) atoms. The van der Waals surface area contributed by atoms with Crippen LogP contribution in [0.5, 0.6) is 17.2 Å². The molecule has 0 bridgehead atoms. The molecule has 0 N–H and O–H groups in total. The average molecular weight is 476 g/mol. The molecule has 4 aromatic rings. The maximum atomic E-state index is 12.9. The van der Waals surface area contributed by atoms with Crippen molar-refractivity contribution in [3.8, 4) is 17.2 Å². The van der Waals surface area contributed by atoms with Gasteiger partial charge < -0.3 is 18.2 Å². The second-order valence-electron chi connectivity index (χ2n) is 8.03. The van der Waals surface area contributed by atoms with Crippen molar-refractivity contribution in [2.75, 3.05) is 7.11 Å². The van der Waals surface area contributed by atoms with E-state index in [0.717, 1.165) is 22.0 Å². The second-order valence-corrected chi connectivity index (χ2v) is 9.57. The summed E-state index contributed by atoms with van der Waals surface area (Å²) in [5.74, 6) is 0.859. The molecule has 1 aliphatic rings. The van der Waals surface area contributed by atoms with E-state index in [0.29, 0.717) is 11.3 Å². The monoisotopic (exact) mass is 475 g/mol. The van der Waals surface area contributed by atoms with Crippen molar-refractivity contribution in [3.63, 3.8) is 0 Å². The molecule has 0 unspecified atom stereocenters. The summed E-state index contributed by atoms with van der Waals surface area (Å²) in [5.41, 5.74) is 3.05. The smallest absolute Gasteiger partial charge is 0.339 e. The summed E-state index contributed by atoms with van der Waals surface area (Å²) < 4.78 is 43.6. The first kappa shape index (κ1) is 21.8. The van der Waals surface area contributed by atoms with E-state index < -0.39 is 10.1 Å². The highest BCUT2D eigenvalue weighted by Gasteiger charge is 2.29. The number of carbonyl (C=O) groups excluding carboxylic acids is 1. The number of ketones is 1. The van der Waals surface area contributed by atoms with Gasteiger partial charge in [0.05, 0.1) is 12.7 Å². The Bertz CT molecular complexity index is 1580. The molecule has 0 spiro atoms. The van der Waals surface area contributed by atoms with Crippen LogP contribution in [-0.4, -0.2) is 25.9 Å². The minimum absolute atomic E-state index is 0.0440. The van der Waals surface area contributed by atoms with E-state index in [4.69, 9.17) is 13.7 Å². The van der Waals surface area contributed by atoms with Crippen LogP contribution in [0.1, 0.15) is 21.5 Å². The Morgan fingerprint density at radius 2 is 1.71 bits per heavy atom. The highest BCUT2D eigenvalue weighted by Crippen LogP contribution is 2.36. The third-order valence-corrected chi connectivity index (χ3v) is 6.93. The molecule has 1 aliphatic heterocycles. The molecular formula is C26H21NO6S. The molecule has 0 saturated heterocycles. The van der Waals surface area contributed by atoms with Gasteiger partial charge in [-0.2, -0.15) is 8.42 Å². The van der Waals surface area contributed by atoms with E-state index >= 15 is 0 Å². The molecule has 0 saturated carbocycles. The molecule has 0 aliphatic carbocycles. The zero-order chi connectivity index (χ0) is 24.0. The number of Topliss-reactive ketones (excluding diaryl/α,β-unsaturated/α-hetero) is 1. The maximum Gasteiger partial charge on any atom is 0.339 e. The Hall–Kier alpha value is -4.04. The average Bonchev–Trinajstić information content (AvgIpc) is 3.29. The number of allylic oxidation sites excluding steroid dienone is 1. The number of hydrogen-bond donors (Lipinski definition) is 0. The first-order chi connectivity index (χ1) is 16.2. The normalized spacial score (nSPS) is 14.3. The number of nitrogens with zero attached hydrogens (tertiary/aromatic N) is 1. The van der Waals surface area contributed by atoms with Crippen LogP contribution in [0.3, 0.4) is 0 Å². The van der Waals surface area contributed by atoms with Gasteiger partial charge in [-0.1, -0.05) is 17.7 Å². The third kappa shape index (κ3) is 3.82. The minimum Gasteiger partial charge on any atom is -0.497 e. The van der Waals surface area contributed by atoms with Crippen LogP contribution in [0.25, 0.3) is 17.0 Å². The van der Waals surface area contributed by atoms with Crippen molar-refractivity contribution in [1.29, 1.82) is 0 Å². The van der Waals surface area contributed by atoms with Crippen LogP contribution < -0.4 is 13.7 Å². The summed E-state index contributed by atoms with van der Waals surface area (Å²) in [5, 5.41) is 0.912. The predicted octanol–water partition coefficient (Wildman–Crippen LogP) is 4.88. The van der Waals surface area contributed by atoms with Crippen molar-refractivity contribution in [2.24, 2.45) is 7.05 Å². The molecule has 0 amide bonds. The van der Waals surface area contributed by atoms with Gasteiger partial charge in [0.25, 0.3) is 0 Å². The van der Waals surface area contributed by atoms with Crippen LogP contribution in [0.2, 0.25) is 0 Å². The lowest BCUT2D eigenvalue weighted by molar-refractivity contribution is 0.101. The Kier molecular flexibility index (Phi) is 5.17. The second kappa shape index (κ2) is 8.07. The zero-order valence-corrected chi connectivity index (χ0v) is 19.5. The Morgan fingerprint density at radius 1 is 0.971 bits per heavy atom. The lowest BCUT2D eigenvalue weighted by Crippen LogP contribution is -2.09. The van der Waals surface area contributed by atoms with E-state index in [-0.39, 0.29) is 27.9 Å². The van der Waals surface area contributed by atoms with Crippen molar-refractivity contribution in [1.82, 2.24) is 4.57 Å². The van der Waals surface area contributed by atoms with Gasteiger partial charge in [0.1, 0.15) is 22.1 Å². The van der Waals surface area contributed by atoms with Gasteiger partial charge >= 0.3 is 10.1 Å². The van der Waals surface area contributed by atoms with Crippen LogP contribution in [0.4, 0.5) is 0 Å². The molecule has 0 radical (unpaired) electrons. The first-order valence-electron chi connectivity index (χ1n) is 10.5. The molecule has 0 atom stereocenters. The molecule has 5 rings (SSSR count). The van der Waals surface area contributed by atoms with Gasteiger partial charge in [0, 0.05) is 35.8 Å². The number of aromatic nitrogens is 1. The summed E-state index contributed by atoms with van der Waals surface area (Å²) in [4.78, 5) is 13.0. The fraction of sp³-hybridized carbons (Fsp3) is 0.115. The maximum absolute atomic E-state index is 12.9. The molecule has 172 valence electrons. The molecule has 1 aromatic heterocycles. The van der Waals surface area contributed by atoms with Gasteiger partial charge in [-0.25, -0.2) is 0 Å². The number of methoxy groups -OCH3 is 1. The molecule has 2 heterocycles. The Morgan fingerprint density at radius 3 is 2.44 bits per heavy atom. The van der Waals surface area contributed by atoms with E-state index in [2.05, 4.69) is 0 Å². The van der Waals surface area contributed by atoms with E-state index in [9.17, 15) is 13.2 Å². The summed E-state index contributed by atoms with van der Waals surface area (Å²) in [6.45, 7) is 1.87. The fourth-order valence-corrected chi connectivity index (χ4v) is 4.81. The van der Waals surface area contributed by atoms with E-state index in [1.54, 1.807) is 25.3 Å². The van der Waals surface area contributed by atoms with Crippen LogP contribution >= 0.6 is 0 Å². The number of rotatable bonds is 5. The lowest BCUT2D eigenvalue weighted by Gasteiger charge is -2.08.